The molecular weight excluding hydrogens is 393 g/mol. The molecule has 0 radical (unpaired) electrons. The average molecular weight is 430 g/mol. The number of hydrogen-bond donors (Lipinski definition) is 2. The number of benzene rings is 1. The lowest BCUT2D eigenvalue weighted by molar-refractivity contribution is -0.155. The Morgan fingerprint density at radius 2 is 1.94 bits per heavy atom. The molecule has 5 unspecified atom stereocenters. The minimum atomic E-state index is -0.859. The van der Waals surface area contributed by atoms with Gasteiger partial charge in [0, 0.05) is 31.0 Å². The van der Waals surface area contributed by atoms with Gasteiger partial charge in [-0.15, -0.1) is 0 Å². The Balaban J connectivity index is 1.61. The van der Waals surface area contributed by atoms with Gasteiger partial charge in [-0.05, 0) is 61.3 Å². The van der Waals surface area contributed by atoms with Gasteiger partial charge in [-0.3, -0.25) is 14.5 Å². The predicted octanol–water partition coefficient (Wildman–Crippen LogP) is 3.34. The number of hydrogen-bond acceptors (Lipinski definition) is 3. The lowest BCUT2D eigenvalue weighted by atomic mass is 9.57. The summed E-state index contributed by atoms with van der Waals surface area (Å²) in [7, 11) is 0. The number of halogens is 1. The number of carbonyl (C=O) groups is 2. The zero-order valence-corrected chi connectivity index (χ0v) is 19.2. The molecule has 5 rings (SSSR count). The molecule has 5 atom stereocenters. The summed E-state index contributed by atoms with van der Waals surface area (Å²) in [5.41, 5.74) is -0.00714. The molecule has 0 aromatic heterocycles. The Bertz CT molecular complexity index is 825. The van der Waals surface area contributed by atoms with Crippen molar-refractivity contribution in [3.63, 3.8) is 0 Å². The summed E-state index contributed by atoms with van der Waals surface area (Å²) < 4.78 is 13.2. The lowest BCUT2D eigenvalue weighted by Crippen LogP contribution is -2.77. The Labute approximate surface area is 185 Å². The van der Waals surface area contributed by atoms with Crippen molar-refractivity contribution in [2.24, 2.45) is 29.6 Å². The first-order chi connectivity index (χ1) is 14.7. The Hall–Kier alpha value is -1.95. The molecule has 5 nitrogen and oxygen atoms in total. The Morgan fingerprint density at radius 3 is 2.58 bits per heavy atom. The van der Waals surface area contributed by atoms with Crippen molar-refractivity contribution < 1.29 is 14.0 Å². The molecule has 4 bridgehead atoms. The van der Waals surface area contributed by atoms with Crippen molar-refractivity contribution in [2.75, 3.05) is 13.1 Å². The molecule has 1 aromatic rings. The fraction of sp³-hybridized carbons (Fsp3) is 0.680. The standard InChI is InChI=1S/C25H36FN3O2/c1-15(2)9-10-29-14-18-12-21-20(11-16(3)4)22(29)25(18,28-23(21)30)24(31)27-13-17-5-7-19(26)8-6-17/h5-8,15-16,18,20-22H,9-14H2,1-4H3,(H,27,31)(H,28,30). The molecule has 170 valence electrons. The minimum absolute atomic E-state index is 0.00761. The molecule has 2 N–H and O–H groups in total. The third kappa shape index (κ3) is 3.99. The van der Waals surface area contributed by atoms with Crippen LogP contribution in [0.1, 0.15) is 52.5 Å². The van der Waals surface area contributed by atoms with E-state index in [1.54, 1.807) is 12.1 Å². The molecular formula is C25H36FN3O2. The summed E-state index contributed by atoms with van der Waals surface area (Å²) in [4.78, 5) is 29.2. The molecule has 1 saturated carbocycles. The van der Waals surface area contributed by atoms with Crippen molar-refractivity contribution in [1.82, 2.24) is 15.5 Å². The summed E-state index contributed by atoms with van der Waals surface area (Å²) in [6.45, 7) is 11.0. The monoisotopic (exact) mass is 429 g/mol. The Kier molecular flexibility index (Phi) is 6.12. The van der Waals surface area contributed by atoms with E-state index in [-0.39, 0.29) is 41.4 Å². The van der Waals surface area contributed by atoms with Crippen LogP contribution in [0.4, 0.5) is 4.39 Å². The molecule has 2 amide bonds. The third-order valence-electron chi connectivity index (χ3n) is 7.57. The van der Waals surface area contributed by atoms with Gasteiger partial charge in [0.25, 0.3) is 0 Å². The summed E-state index contributed by atoms with van der Waals surface area (Å²) in [6.07, 6.45) is 2.84. The fourth-order valence-corrected chi connectivity index (χ4v) is 6.21. The summed E-state index contributed by atoms with van der Waals surface area (Å²) in [6, 6.07) is 6.24. The first kappa shape index (κ1) is 22.3. The topological polar surface area (TPSA) is 61.4 Å². The molecule has 31 heavy (non-hydrogen) atoms. The van der Waals surface area contributed by atoms with Crippen molar-refractivity contribution in [1.29, 1.82) is 0 Å². The second kappa shape index (κ2) is 8.53. The number of likely N-dealkylation sites (tertiary alicyclic amines) is 1. The van der Waals surface area contributed by atoms with Crippen LogP contribution >= 0.6 is 0 Å². The van der Waals surface area contributed by atoms with Crippen LogP contribution in [-0.2, 0) is 16.1 Å². The molecule has 6 heteroatoms. The van der Waals surface area contributed by atoms with Gasteiger partial charge in [0.05, 0.1) is 0 Å². The van der Waals surface area contributed by atoms with E-state index in [0.717, 1.165) is 37.9 Å². The van der Waals surface area contributed by atoms with Gasteiger partial charge in [0.2, 0.25) is 11.8 Å². The smallest absolute Gasteiger partial charge is 0.248 e. The van der Waals surface area contributed by atoms with Crippen LogP contribution in [0.15, 0.2) is 24.3 Å². The summed E-state index contributed by atoms with van der Waals surface area (Å²) in [5.74, 6) is 1.09. The van der Waals surface area contributed by atoms with Crippen LogP contribution in [0.3, 0.4) is 0 Å². The predicted molar refractivity (Wildman–Crippen MR) is 118 cm³/mol. The maximum absolute atomic E-state index is 13.7. The van der Waals surface area contributed by atoms with E-state index < -0.39 is 5.54 Å². The van der Waals surface area contributed by atoms with Crippen LogP contribution in [-0.4, -0.2) is 41.4 Å². The maximum Gasteiger partial charge on any atom is 0.248 e. The average Bonchev–Trinajstić information content (AvgIpc) is 2.94. The van der Waals surface area contributed by atoms with Crippen LogP contribution in [0, 0.1) is 35.4 Å². The number of nitrogens with zero attached hydrogens (tertiary/aromatic N) is 1. The largest absolute Gasteiger partial charge is 0.350 e. The van der Waals surface area contributed by atoms with E-state index in [0.29, 0.717) is 18.4 Å². The number of rotatable bonds is 8. The maximum atomic E-state index is 13.7. The van der Waals surface area contributed by atoms with E-state index in [4.69, 9.17) is 0 Å². The van der Waals surface area contributed by atoms with Crippen LogP contribution in [0.5, 0.6) is 0 Å². The second-order valence-corrected chi connectivity index (χ2v) is 10.6. The quantitative estimate of drug-likeness (QED) is 0.666. The normalized spacial score (nSPS) is 32.0. The van der Waals surface area contributed by atoms with Gasteiger partial charge in [-0.2, -0.15) is 0 Å². The molecule has 1 aliphatic carbocycles. The molecule has 4 aliphatic rings. The second-order valence-electron chi connectivity index (χ2n) is 10.6. The van der Waals surface area contributed by atoms with Crippen molar-refractivity contribution in [2.45, 2.75) is 65.1 Å². The van der Waals surface area contributed by atoms with E-state index in [9.17, 15) is 14.0 Å². The van der Waals surface area contributed by atoms with Gasteiger partial charge in [-0.1, -0.05) is 39.8 Å². The van der Waals surface area contributed by atoms with Crippen LogP contribution < -0.4 is 10.6 Å². The molecule has 0 spiro atoms. The summed E-state index contributed by atoms with van der Waals surface area (Å²) >= 11 is 0. The highest BCUT2D eigenvalue weighted by atomic mass is 19.1. The van der Waals surface area contributed by atoms with Crippen molar-refractivity contribution in [3.8, 4) is 0 Å². The first-order valence-electron chi connectivity index (χ1n) is 11.8. The van der Waals surface area contributed by atoms with Crippen molar-refractivity contribution in [3.05, 3.63) is 35.6 Å². The lowest BCUT2D eigenvalue weighted by Gasteiger charge is -2.55. The number of fused-ring (bicyclic) bond motifs is 1. The number of amides is 2. The van der Waals surface area contributed by atoms with Gasteiger partial charge in [0.15, 0.2) is 0 Å². The zero-order chi connectivity index (χ0) is 22.3. The summed E-state index contributed by atoms with van der Waals surface area (Å²) in [5, 5.41) is 6.29. The Morgan fingerprint density at radius 1 is 1.23 bits per heavy atom. The molecule has 4 fully saturated rings. The van der Waals surface area contributed by atoms with Crippen LogP contribution in [0.25, 0.3) is 0 Å². The SMILES string of the molecule is CC(C)CCN1CC2CC3C(=O)NC2(C(=O)NCc2ccc(F)cc2)C1C3CC(C)C. The highest BCUT2D eigenvalue weighted by Gasteiger charge is 2.70. The van der Waals surface area contributed by atoms with E-state index in [2.05, 4.69) is 43.2 Å². The molecule has 3 saturated heterocycles. The van der Waals surface area contributed by atoms with Crippen LogP contribution in [0.2, 0.25) is 0 Å². The first-order valence-corrected chi connectivity index (χ1v) is 11.8. The third-order valence-corrected chi connectivity index (χ3v) is 7.57. The fourth-order valence-electron chi connectivity index (χ4n) is 6.21. The molecule has 1 aromatic carbocycles. The number of nitrogens with one attached hydrogen (secondary N) is 2. The number of carbonyl (C=O) groups excluding carboxylic acids is 2. The van der Waals surface area contributed by atoms with Gasteiger partial charge < -0.3 is 10.6 Å². The highest BCUT2D eigenvalue weighted by Crippen LogP contribution is 2.54. The van der Waals surface area contributed by atoms with Gasteiger partial charge in [0.1, 0.15) is 11.4 Å². The highest BCUT2D eigenvalue weighted by molar-refractivity contribution is 5.97. The van der Waals surface area contributed by atoms with Crippen molar-refractivity contribution >= 4 is 11.8 Å². The minimum Gasteiger partial charge on any atom is -0.350 e. The van der Waals surface area contributed by atoms with E-state index in [1.807, 2.05) is 0 Å². The zero-order valence-electron chi connectivity index (χ0n) is 19.2. The molecule has 3 aliphatic heterocycles. The van der Waals surface area contributed by atoms with E-state index in [1.165, 1.54) is 12.1 Å². The van der Waals surface area contributed by atoms with E-state index >= 15 is 0 Å². The van der Waals surface area contributed by atoms with Gasteiger partial charge >= 0.3 is 0 Å². The number of piperidine rings is 2. The van der Waals surface area contributed by atoms with Gasteiger partial charge in [-0.25, -0.2) is 4.39 Å². The molecule has 3 heterocycles.